The topological polar surface area (TPSA) is 93.1 Å². The Balaban J connectivity index is 1.43. The zero-order valence-electron chi connectivity index (χ0n) is 14.1. The van der Waals surface area contributed by atoms with Crippen LogP contribution in [0.5, 0.6) is 0 Å². The number of amides is 1. The molecule has 1 saturated heterocycles. The molecule has 3 heterocycles. The summed E-state index contributed by atoms with van der Waals surface area (Å²) < 4.78 is 5.35. The van der Waals surface area contributed by atoms with Crippen LogP contribution in [0.4, 0.5) is 5.82 Å². The Hall–Kier alpha value is -3.13. The number of carbonyl (C=O) groups excluding carboxylic acids is 1. The van der Waals surface area contributed by atoms with Gasteiger partial charge in [-0.25, -0.2) is 15.0 Å². The van der Waals surface area contributed by atoms with E-state index in [2.05, 4.69) is 30.2 Å². The summed E-state index contributed by atoms with van der Waals surface area (Å²) in [6, 6.07) is 9.30. The van der Waals surface area contributed by atoms with Gasteiger partial charge in [0.05, 0.1) is 37.0 Å². The largest absolute Gasteiger partial charge is 0.378 e. The third-order valence-corrected chi connectivity index (χ3v) is 4.11. The van der Waals surface area contributed by atoms with Gasteiger partial charge in [-0.1, -0.05) is 12.1 Å². The van der Waals surface area contributed by atoms with E-state index in [9.17, 15) is 4.79 Å². The molecule has 1 aromatic carbocycles. The van der Waals surface area contributed by atoms with Crippen LogP contribution in [-0.2, 0) is 11.3 Å². The summed E-state index contributed by atoms with van der Waals surface area (Å²) in [6.07, 6.45) is 3.18. The first-order valence-electron chi connectivity index (χ1n) is 8.44. The molecule has 132 valence electrons. The van der Waals surface area contributed by atoms with E-state index in [0.29, 0.717) is 24.6 Å². The monoisotopic (exact) mass is 350 g/mol. The number of carbonyl (C=O) groups is 1. The number of anilines is 1. The highest BCUT2D eigenvalue weighted by Gasteiger charge is 2.14. The van der Waals surface area contributed by atoms with Crippen molar-refractivity contribution in [3.05, 3.63) is 54.2 Å². The molecule has 1 aliphatic heterocycles. The minimum absolute atomic E-state index is 0.228. The summed E-state index contributed by atoms with van der Waals surface area (Å²) in [6.45, 7) is 3.21. The maximum Gasteiger partial charge on any atom is 0.271 e. The zero-order valence-corrected chi connectivity index (χ0v) is 14.1. The van der Waals surface area contributed by atoms with E-state index < -0.39 is 0 Å². The molecule has 1 amide bonds. The molecule has 0 radical (unpaired) electrons. The molecule has 0 saturated carbocycles. The summed E-state index contributed by atoms with van der Waals surface area (Å²) in [7, 11) is 0. The molecule has 4 rings (SSSR count). The number of benzene rings is 1. The van der Waals surface area contributed by atoms with Crippen molar-refractivity contribution in [1.82, 2.24) is 25.3 Å². The number of morpholine rings is 1. The summed E-state index contributed by atoms with van der Waals surface area (Å²) in [5.74, 6) is 1.10. The lowest BCUT2D eigenvalue weighted by atomic mass is 10.3. The van der Waals surface area contributed by atoms with Gasteiger partial charge in [0.15, 0.2) is 0 Å². The average Bonchev–Trinajstić information content (AvgIpc) is 2.72. The lowest BCUT2D eigenvalue weighted by molar-refractivity contribution is 0.0945. The molecule has 8 nitrogen and oxygen atoms in total. The van der Waals surface area contributed by atoms with Crippen LogP contribution in [0.1, 0.15) is 16.3 Å². The molecular formula is C18H18N6O2. The summed E-state index contributed by atoms with van der Waals surface area (Å²) >= 11 is 0. The van der Waals surface area contributed by atoms with Crippen LogP contribution in [0.25, 0.3) is 11.0 Å². The SMILES string of the molecule is O=C(NCc1nccc(N2CCOCC2)n1)c1cnc2ccccc2n1. The first-order valence-corrected chi connectivity index (χ1v) is 8.44. The third kappa shape index (κ3) is 3.60. The fourth-order valence-electron chi connectivity index (χ4n) is 2.76. The molecule has 1 N–H and O–H groups in total. The fourth-order valence-corrected chi connectivity index (χ4v) is 2.76. The van der Waals surface area contributed by atoms with Crippen molar-refractivity contribution < 1.29 is 9.53 Å². The van der Waals surface area contributed by atoms with Crippen LogP contribution in [-0.4, -0.2) is 52.1 Å². The minimum atomic E-state index is -0.302. The predicted molar refractivity (Wildman–Crippen MR) is 95.8 cm³/mol. The second-order valence-corrected chi connectivity index (χ2v) is 5.86. The molecule has 26 heavy (non-hydrogen) atoms. The van der Waals surface area contributed by atoms with Gasteiger partial charge < -0.3 is 15.0 Å². The fraction of sp³-hybridized carbons (Fsp3) is 0.278. The molecule has 2 aromatic heterocycles. The molecule has 0 bridgehead atoms. The summed E-state index contributed by atoms with van der Waals surface area (Å²) in [5.41, 5.74) is 1.71. The number of fused-ring (bicyclic) bond motifs is 1. The number of rotatable bonds is 4. The highest BCUT2D eigenvalue weighted by molar-refractivity contribution is 5.93. The van der Waals surface area contributed by atoms with Crippen molar-refractivity contribution in [2.24, 2.45) is 0 Å². The van der Waals surface area contributed by atoms with E-state index in [0.717, 1.165) is 24.4 Å². The van der Waals surface area contributed by atoms with Gasteiger partial charge in [-0.15, -0.1) is 0 Å². The second kappa shape index (κ2) is 7.40. The van der Waals surface area contributed by atoms with Crippen molar-refractivity contribution in [2.45, 2.75) is 6.54 Å². The smallest absolute Gasteiger partial charge is 0.271 e. The van der Waals surface area contributed by atoms with Crippen LogP contribution in [0.3, 0.4) is 0 Å². The van der Waals surface area contributed by atoms with Crippen LogP contribution >= 0.6 is 0 Å². The number of hydrogen-bond acceptors (Lipinski definition) is 7. The number of aromatic nitrogens is 4. The van der Waals surface area contributed by atoms with Crippen molar-refractivity contribution in [2.75, 3.05) is 31.2 Å². The number of ether oxygens (including phenoxy) is 1. The van der Waals surface area contributed by atoms with Gasteiger partial charge in [-0.05, 0) is 18.2 Å². The van der Waals surface area contributed by atoms with E-state index >= 15 is 0 Å². The molecule has 8 heteroatoms. The first-order chi connectivity index (χ1) is 12.8. The van der Waals surface area contributed by atoms with Crippen molar-refractivity contribution in [3.63, 3.8) is 0 Å². The van der Waals surface area contributed by atoms with Crippen molar-refractivity contribution >= 4 is 22.8 Å². The maximum atomic E-state index is 12.4. The lowest BCUT2D eigenvalue weighted by Crippen LogP contribution is -2.37. The van der Waals surface area contributed by atoms with Crippen LogP contribution in [0.2, 0.25) is 0 Å². The summed E-state index contributed by atoms with van der Waals surface area (Å²) in [5, 5.41) is 2.80. The van der Waals surface area contributed by atoms with E-state index in [1.54, 1.807) is 6.20 Å². The van der Waals surface area contributed by atoms with E-state index in [4.69, 9.17) is 4.74 Å². The number of hydrogen-bond donors (Lipinski definition) is 1. The molecule has 1 aliphatic rings. The van der Waals surface area contributed by atoms with Gasteiger partial charge in [0.25, 0.3) is 5.91 Å². The normalized spacial score (nSPS) is 14.4. The minimum Gasteiger partial charge on any atom is -0.378 e. The summed E-state index contributed by atoms with van der Waals surface area (Å²) in [4.78, 5) is 31.8. The van der Waals surface area contributed by atoms with Gasteiger partial charge in [-0.2, -0.15) is 0 Å². The highest BCUT2D eigenvalue weighted by Crippen LogP contribution is 2.12. The van der Waals surface area contributed by atoms with E-state index in [1.807, 2.05) is 30.3 Å². The Morgan fingerprint density at radius 2 is 1.88 bits per heavy atom. The number of para-hydroxylation sites is 2. The van der Waals surface area contributed by atoms with Gasteiger partial charge in [0, 0.05) is 19.3 Å². The van der Waals surface area contributed by atoms with Crippen LogP contribution < -0.4 is 10.2 Å². The van der Waals surface area contributed by atoms with E-state index in [1.165, 1.54) is 6.20 Å². The Morgan fingerprint density at radius 3 is 2.73 bits per heavy atom. The van der Waals surface area contributed by atoms with Gasteiger partial charge >= 0.3 is 0 Å². The standard InChI is InChI=1S/C18H18N6O2/c25-18(15-11-20-13-3-1-2-4-14(13)22-15)21-12-16-19-6-5-17(23-16)24-7-9-26-10-8-24/h1-6,11H,7-10,12H2,(H,21,25). The first kappa shape index (κ1) is 16.3. The van der Waals surface area contributed by atoms with Gasteiger partial charge in [0.2, 0.25) is 0 Å². The Kier molecular flexibility index (Phi) is 4.65. The Labute approximate surface area is 150 Å². The van der Waals surface area contributed by atoms with E-state index in [-0.39, 0.29) is 18.1 Å². The van der Waals surface area contributed by atoms with Gasteiger partial charge in [-0.3, -0.25) is 9.78 Å². The highest BCUT2D eigenvalue weighted by atomic mass is 16.5. The third-order valence-electron chi connectivity index (χ3n) is 4.11. The Bertz CT molecular complexity index is 926. The predicted octanol–water partition coefficient (Wildman–Crippen LogP) is 1.19. The average molecular weight is 350 g/mol. The van der Waals surface area contributed by atoms with Crippen LogP contribution in [0.15, 0.2) is 42.7 Å². The van der Waals surface area contributed by atoms with Crippen LogP contribution in [0, 0.1) is 0 Å². The quantitative estimate of drug-likeness (QED) is 0.755. The maximum absolute atomic E-state index is 12.4. The molecule has 0 atom stereocenters. The molecule has 1 fully saturated rings. The van der Waals surface area contributed by atoms with Gasteiger partial charge in [0.1, 0.15) is 17.3 Å². The number of nitrogens with one attached hydrogen (secondary N) is 1. The van der Waals surface area contributed by atoms with Crippen molar-refractivity contribution in [1.29, 1.82) is 0 Å². The zero-order chi connectivity index (χ0) is 17.8. The molecular weight excluding hydrogens is 332 g/mol. The number of nitrogens with zero attached hydrogens (tertiary/aromatic N) is 5. The molecule has 3 aromatic rings. The molecule has 0 spiro atoms. The second-order valence-electron chi connectivity index (χ2n) is 5.86. The molecule has 0 aliphatic carbocycles. The molecule has 0 unspecified atom stereocenters. The van der Waals surface area contributed by atoms with Crippen molar-refractivity contribution in [3.8, 4) is 0 Å². The Morgan fingerprint density at radius 1 is 1.08 bits per heavy atom. The lowest BCUT2D eigenvalue weighted by Gasteiger charge is -2.27.